The molecule has 3 N–H and O–H groups in total. The van der Waals surface area contributed by atoms with Gasteiger partial charge in [-0.1, -0.05) is 18.2 Å². The van der Waals surface area contributed by atoms with Crippen molar-refractivity contribution in [3.05, 3.63) is 35.5 Å². The predicted molar refractivity (Wildman–Crippen MR) is 85.4 cm³/mol. The molecule has 1 heterocycles. The maximum atomic E-state index is 12.7. The van der Waals surface area contributed by atoms with Gasteiger partial charge < -0.3 is 15.6 Å². The van der Waals surface area contributed by atoms with Crippen molar-refractivity contribution in [3.8, 4) is 0 Å². The van der Waals surface area contributed by atoms with Gasteiger partial charge in [0.25, 0.3) is 5.91 Å². The van der Waals surface area contributed by atoms with Crippen LogP contribution in [0.4, 0.5) is 0 Å². The molecule has 1 amide bonds. The molecule has 1 aromatic carbocycles. The summed E-state index contributed by atoms with van der Waals surface area (Å²) in [7, 11) is 1.90. The number of fused-ring (bicyclic) bond motifs is 1. The summed E-state index contributed by atoms with van der Waals surface area (Å²) in [6, 6.07) is 8.68. The van der Waals surface area contributed by atoms with Crippen molar-refractivity contribution in [1.82, 2.24) is 9.88 Å². The van der Waals surface area contributed by atoms with E-state index >= 15 is 0 Å². The van der Waals surface area contributed by atoms with E-state index < -0.39 is 0 Å². The molecule has 2 aromatic rings. The first-order valence-corrected chi connectivity index (χ1v) is 7.67. The Balaban J connectivity index is 1.81. The second-order valence-corrected chi connectivity index (χ2v) is 6.21. The third kappa shape index (κ3) is 2.68. The number of rotatable bonds is 2. The van der Waals surface area contributed by atoms with E-state index in [0.29, 0.717) is 17.8 Å². The van der Waals surface area contributed by atoms with Crippen LogP contribution in [0.2, 0.25) is 0 Å². The molecule has 0 unspecified atom stereocenters. The van der Waals surface area contributed by atoms with Crippen molar-refractivity contribution in [2.24, 2.45) is 5.73 Å². The van der Waals surface area contributed by atoms with E-state index in [1.165, 1.54) is 0 Å². The third-order valence-corrected chi connectivity index (χ3v) is 4.70. The molecule has 0 spiro atoms. The Kier molecular flexibility index (Phi) is 3.72. The standard InChI is InChI=1S/C17H23N3O/c1-11-4-3-5-12-10-15(19-16(11)12)17(21)20(2)14-8-6-13(18)7-9-14/h3-5,10,13-14,19H,6-9,18H2,1-2H3/t13-,14-. The van der Waals surface area contributed by atoms with Crippen LogP contribution in [-0.4, -0.2) is 34.9 Å². The molecule has 1 saturated carbocycles. The van der Waals surface area contributed by atoms with Gasteiger partial charge in [-0.15, -0.1) is 0 Å². The minimum absolute atomic E-state index is 0.0751. The molecule has 1 aliphatic carbocycles. The molecule has 3 rings (SSSR count). The Morgan fingerprint density at radius 1 is 1.29 bits per heavy atom. The molecular formula is C17H23N3O. The van der Waals surface area contributed by atoms with Gasteiger partial charge in [-0.05, 0) is 44.2 Å². The number of para-hydroxylation sites is 1. The molecule has 0 atom stereocenters. The number of aromatic nitrogens is 1. The van der Waals surface area contributed by atoms with Crippen LogP contribution in [0.5, 0.6) is 0 Å². The van der Waals surface area contributed by atoms with E-state index in [-0.39, 0.29) is 5.91 Å². The summed E-state index contributed by atoms with van der Waals surface area (Å²) < 4.78 is 0. The Hall–Kier alpha value is -1.81. The van der Waals surface area contributed by atoms with Gasteiger partial charge >= 0.3 is 0 Å². The molecule has 4 nitrogen and oxygen atoms in total. The van der Waals surface area contributed by atoms with E-state index in [1.54, 1.807) is 0 Å². The number of hydrogen-bond acceptors (Lipinski definition) is 2. The number of H-pyrrole nitrogens is 1. The molecule has 0 saturated heterocycles. The highest BCUT2D eigenvalue weighted by Gasteiger charge is 2.26. The number of nitrogens with two attached hydrogens (primary N) is 1. The first kappa shape index (κ1) is 14.1. The van der Waals surface area contributed by atoms with Crippen LogP contribution in [0, 0.1) is 6.92 Å². The fourth-order valence-corrected chi connectivity index (χ4v) is 3.27. The van der Waals surface area contributed by atoms with Crippen LogP contribution in [-0.2, 0) is 0 Å². The topological polar surface area (TPSA) is 62.1 Å². The lowest BCUT2D eigenvalue weighted by atomic mass is 9.91. The number of aryl methyl sites for hydroxylation is 1. The zero-order valence-corrected chi connectivity index (χ0v) is 12.7. The lowest BCUT2D eigenvalue weighted by molar-refractivity contribution is 0.0685. The summed E-state index contributed by atoms with van der Waals surface area (Å²) in [6.45, 7) is 2.05. The Morgan fingerprint density at radius 2 is 2.00 bits per heavy atom. The van der Waals surface area contributed by atoms with Gasteiger partial charge in [-0.2, -0.15) is 0 Å². The van der Waals surface area contributed by atoms with Gasteiger partial charge in [-0.3, -0.25) is 4.79 Å². The van der Waals surface area contributed by atoms with Crippen LogP contribution in [0.25, 0.3) is 10.9 Å². The van der Waals surface area contributed by atoms with E-state index in [1.807, 2.05) is 30.1 Å². The van der Waals surface area contributed by atoms with Gasteiger partial charge in [0.1, 0.15) is 5.69 Å². The Morgan fingerprint density at radius 3 is 2.67 bits per heavy atom. The molecule has 1 aromatic heterocycles. The fourth-order valence-electron chi connectivity index (χ4n) is 3.27. The van der Waals surface area contributed by atoms with Crippen LogP contribution in [0.3, 0.4) is 0 Å². The lowest BCUT2D eigenvalue weighted by Gasteiger charge is -2.33. The minimum atomic E-state index is 0.0751. The summed E-state index contributed by atoms with van der Waals surface area (Å²) in [5.41, 5.74) is 8.84. The molecule has 1 aliphatic rings. The zero-order chi connectivity index (χ0) is 15.0. The monoisotopic (exact) mass is 285 g/mol. The highest BCUT2D eigenvalue weighted by molar-refractivity contribution is 5.98. The van der Waals surface area contributed by atoms with E-state index in [4.69, 9.17) is 5.73 Å². The number of hydrogen-bond donors (Lipinski definition) is 2. The van der Waals surface area contributed by atoms with Gasteiger partial charge in [0.15, 0.2) is 0 Å². The number of amides is 1. The van der Waals surface area contributed by atoms with Gasteiger partial charge in [-0.25, -0.2) is 0 Å². The number of benzene rings is 1. The normalized spacial score (nSPS) is 22.4. The van der Waals surface area contributed by atoms with Crippen molar-refractivity contribution in [3.63, 3.8) is 0 Å². The molecule has 0 bridgehead atoms. The quantitative estimate of drug-likeness (QED) is 0.891. The summed E-state index contributed by atoms with van der Waals surface area (Å²) in [5, 5.41) is 1.09. The minimum Gasteiger partial charge on any atom is -0.350 e. The zero-order valence-electron chi connectivity index (χ0n) is 12.7. The molecule has 0 radical (unpaired) electrons. The van der Waals surface area contributed by atoms with Gasteiger partial charge in [0.2, 0.25) is 0 Å². The second-order valence-electron chi connectivity index (χ2n) is 6.21. The summed E-state index contributed by atoms with van der Waals surface area (Å²) >= 11 is 0. The number of nitrogens with zero attached hydrogens (tertiary/aromatic N) is 1. The fraction of sp³-hybridized carbons (Fsp3) is 0.471. The van der Waals surface area contributed by atoms with Crippen molar-refractivity contribution in [2.45, 2.75) is 44.7 Å². The second kappa shape index (κ2) is 5.53. The van der Waals surface area contributed by atoms with Crippen LogP contribution in [0.1, 0.15) is 41.7 Å². The lowest BCUT2D eigenvalue weighted by Crippen LogP contribution is -2.41. The SMILES string of the molecule is Cc1cccc2cc(C(=O)N(C)[C@H]3CC[C@H](N)CC3)[nH]c12. The molecule has 4 heteroatoms. The average Bonchev–Trinajstić information content (AvgIpc) is 2.92. The number of nitrogens with one attached hydrogen (secondary N) is 1. The van der Waals surface area contributed by atoms with Crippen LogP contribution < -0.4 is 5.73 Å². The van der Waals surface area contributed by atoms with Crippen molar-refractivity contribution in [2.75, 3.05) is 7.05 Å². The first-order chi connectivity index (χ1) is 10.1. The van der Waals surface area contributed by atoms with Crippen molar-refractivity contribution in [1.29, 1.82) is 0 Å². The van der Waals surface area contributed by atoms with Gasteiger partial charge in [0.05, 0.1) is 0 Å². The Bertz CT molecular complexity index is 653. The van der Waals surface area contributed by atoms with Crippen molar-refractivity contribution < 1.29 is 4.79 Å². The molecular weight excluding hydrogens is 262 g/mol. The van der Waals surface area contributed by atoms with Crippen LogP contribution >= 0.6 is 0 Å². The highest BCUT2D eigenvalue weighted by atomic mass is 16.2. The smallest absolute Gasteiger partial charge is 0.270 e. The van der Waals surface area contributed by atoms with E-state index in [2.05, 4.69) is 18.0 Å². The molecule has 21 heavy (non-hydrogen) atoms. The van der Waals surface area contributed by atoms with Crippen molar-refractivity contribution >= 4 is 16.8 Å². The number of carbonyl (C=O) groups is 1. The summed E-state index contributed by atoms with van der Waals surface area (Å²) in [6.07, 6.45) is 4.02. The summed E-state index contributed by atoms with van der Waals surface area (Å²) in [4.78, 5) is 17.8. The first-order valence-electron chi connectivity index (χ1n) is 7.67. The van der Waals surface area contributed by atoms with Crippen LogP contribution in [0.15, 0.2) is 24.3 Å². The highest BCUT2D eigenvalue weighted by Crippen LogP contribution is 2.24. The average molecular weight is 285 g/mol. The molecule has 0 aliphatic heterocycles. The van der Waals surface area contributed by atoms with E-state index in [0.717, 1.165) is 42.1 Å². The number of carbonyl (C=O) groups excluding carboxylic acids is 1. The Labute approximate surface area is 125 Å². The largest absolute Gasteiger partial charge is 0.350 e. The number of aromatic amines is 1. The predicted octanol–water partition coefficient (Wildman–Crippen LogP) is 2.82. The molecule has 112 valence electrons. The van der Waals surface area contributed by atoms with E-state index in [9.17, 15) is 4.79 Å². The molecule has 1 fully saturated rings. The van der Waals surface area contributed by atoms with Gasteiger partial charge in [0, 0.05) is 30.0 Å². The third-order valence-electron chi connectivity index (χ3n) is 4.70. The maximum Gasteiger partial charge on any atom is 0.270 e. The maximum absolute atomic E-state index is 12.7. The summed E-state index contributed by atoms with van der Waals surface area (Å²) in [5.74, 6) is 0.0751.